The summed E-state index contributed by atoms with van der Waals surface area (Å²) < 4.78 is 23.8. The normalized spacial score (nSPS) is 25.9. The summed E-state index contributed by atoms with van der Waals surface area (Å²) in [5, 5.41) is 6.53. The molecule has 5 atom stereocenters. The molecule has 1 heterocycles. The number of rotatable bonds is 16. The van der Waals surface area contributed by atoms with Crippen molar-refractivity contribution in [1.29, 1.82) is 0 Å². The molecule has 182 valence electrons. The minimum absolute atomic E-state index is 0.133. The average molecular weight is 445 g/mol. The third-order valence-corrected chi connectivity index (χ3v) is 5.33. The van der Waals surface area contributed by atoms with Gasteiger partial charge in [0.15, 0.2) is 0 Å². The number of esters is 1. The Labute approximate surface area is 188 Å². The van der Waals surface area contributed by atoms with Crippen LogP contribution in [-0.4, -0.2) is 75.2 Å². The van der Waals surface area contributed by atoms with Gasteiger partial charge in [0.2, 0.25) is 5.91 Å². The fourth-order valence-corrected chi connectivity index (χ4v) is 3.65. The van der Waals surface area contributed by atoms with E-state index < -0.39 is 0 Å². The van der Waals surface area contributed by atoms with E-state index in [0.29, 0.717) is 26.4 Å². The van der Waals surface area contributed by atoms with Crippen molar-refractivity contribution in [2.45, 2.75) is 103 Å². The van der Waals surface area contributed by atoms with Gasteiger partial charge in [0.05, 0.1) is 24.7 Å². The van der Waals surface area contributed by atoms with Crippen molar-refractivity contribution in [1.82, 2.24) is 10.6 Å². The minimum Gasteiger partial charge on any atom is -0.464 e. The third kappa shape index (κ3) is 10.8. The molecule has 31 heavy (non-hydrogen) atoms. The molecular formula is C23H44N2O6. The molecule has 0 aliphatic carbocycles. The van der Waals surface area contributed by atoms with Crippen LogP contribution in [0.5, 0.6) is 0 Å². The van der Waals surface area contributed by atoms with Crippen LogP contribution in [0.25, 0.3) is 0 Å². The monoisotopic (exact) mass is 444 g/mol. The highest BCUT2D eigenvalue weighted by atomic mass is 16.5. The smallest absolute Gasteiger partial charge is 0.302 e. The topological polar surface area (TPSA) is 95.1 Å². The summed E-state index contributed by atoms with van der Waals surface area (Å²) in [6.45, 7) is 11.7. The molecule has 0 aromatic rings. The van der Waals surface area contributed by atoms with E-state index in [4.69, 9.17) is 18.9 Å². The van der Waals surface area contributed by atoms with Crippen LogP contribution >= 0.6 is 0 Å². The molecule has 0 radical (unpaired) electrons. The van der Waals surface area contributed by atoms with Crippen molar-refractivity contribution >= 4 is 11.9 Å². The van der Waals surface area contributed by atoms with E-state index in [0.717, 1.165) is 38.5 Å². The summed E-state index contributed by atoms with van der Waals surface area (Å²) >= 11 is 0. The van der Waals surface area contributed by atoms with Crippen molar-refractivity contribution in [3.8, 4) is 0 Å². The summed E-state index contributed by atoms with van der Waals surface area (Å²) in [5.74, 6) is -0.516. The zero-order chi connectivity index (χ0) is 23.1. The number of nitrogens with one attached hydrogen (secondary N) is 2. The molecule has 0 unspecified atom stereocenters. The van der Waals surface area contributed by atoms with Crippen LogP contribution in [0.3, 0.4) is 0 Å². The van der Waals surface area contributed by atoms with Crippen LogP contribution in [0.2, 0.25) is 0 Å². The van der Waals surface area contributed by atoms with Gasteiger partial charge in [-0.15, -0.1) is 0 Å². The van der Waals surface area contributed by atoms with E-state index >= 15 is 0 Å². The Hall–Kier alpha value is -1.22. The first-order valence-corrected chi connectivity index (χ1v) is 11.9. The van der Waals surface area contributed by atoms with Gasteiger partial charge in [0.1, 0.15) is 18.8 Å². The number of hydrogen-bond donors (Lipinski definition) is 2. The molecule has 1 aliphatic heterocycles. The largest absolute Gasteiger partial charge is 0.464 e. The third-order valence-electron chi connectivity index (χ3n) is 5.33. The van der Waals surface area contributed by atoms with Gasteiger partial charge < -0.3 is 29.6 Å². The Kier molecular flexibility index (Phi) is 14.7. The Morgan fingerprint density at radius 1 is 0.806 bits per heavy atom. The molecule has 0 spiro atoms. The Bertz CT molecular complexity index is 504. The lowest BCUT2D eigenvalue weighted by molar-refractivity contribution is -0.154. The van der Waals surface area contributed by atoms with Crippen LogP contribution in [0.15, 0.2) is 0 Å². The van der Waals surface area contributed by atoms with Crippen LogP contribution in [-0.2, 0) is 28.5 Å². The molecule has 8 nitrogen and oxygen atoms in total. The van der Waals surface area contributed by atoms with Crippen LogP contribution in [0.4, 0.5) is 0 Å². The van der Waals surface area contributed by atoms with Gasteiger partial charge >= 0.3 is 5.97 Å². The first kappa shape index (κ1) is 27.8. The van der Waals surface area contributed by atoms with Crippen molar-refractivity contribution in [3.63, 3.8) is 0 Å². The summed E-state index contributed by atoms with van der Waals surface area (Å²) in [4.78, 5) is 23.4. The highest BCUT2D eigenvalue weighted by Gasteiger charge is 2.46. The number of unbranched alkanes of at least 4 members (excludes halogenated alkanes) is 3. The highest BCUT2D eigenvalue weighted by molar-refractivity contribution is 5.73. The summed E-state index contributed by atoms with van der Waals surface area (Å²) in [7, 11) is 0. The summed E-state index contributed by atoms with van der Waals surface area (Å²) in [5.41, 5.74) is 0. The van der Waals surface area contributed by atoms with E-state index in [1.165, 1.54) is 13.8 Å². The number of carbonyl (C=O) groups is 2. The molecule has 0 aromatic carbocycles. The van der Waals surface area contributed by atoms with Gasteiger partial charge in [0.25, 0.3) is 0 Å². The van der Waals surface area contributed by atoms with Crippen LogP contribution < -0.4 is 10.6 Å². The molecule has 2 N–H and O–H groups in total. The maximum atomic E-state index is 12.0. The van der Waals surface area contributed by atoms with E-state index in [1.807, 2.05) is 0 Å². The lowest BCUT2D eigenvalue weighted by Crippen LogP contribution is -2.72. The average Bonchev–Trinajstić information content (AvgIpc) is 2.72. The predicted octanol–water partition coefficient (Wildman–Crippen LogP) is 2.58. The van der Waals surface area contributed by atoms with E-state index in [2.05, 4.69) is 31.4 Å². The first-order valence-electron chi connectivity index (χ1n) is 11.9. The Morgan fingerprint density at radius 3 is 1.94 bits per heavy atom. The first-order chi connectivity index (χ1) is 14.9. The fraction of sp³-hybridized carbons (Fsp3) is 0.913. The standard InChI is InChI=1S/C23H44N2O6/c1-6-9-12-28-15-20-22(29-13-10-7-2)23(30-14-11-8-3)21(24-17(4)26)19(25-20)16-31-18(5)27/h19-23,25H,6-16H2,1-5H3,(H,24,26)/t19-,20-,21+,22-,23-/m1/s1. The molecule has 1 fully saturated rings. The van der Waals surface area contributed by atoms with Gasteiger partial charge in [-0.3, -0.25) is 9.59 Å². The second kappa shape index (κ2) is 16.4. The molecule has 1 amide bonds. The predicted molar refractivity (Wildman–Crippen MR) is 120 cm³/mol. The van der Waals surface area contributed by atoms with Gasteiger partial charge in [-0.2, -0.15) is 0 Å². The molecule has 0 aromatic heterocycles. The van der Waals surface area contributed by atoms with Crippen LogP contribution in [0.1, 0.15) is 73.1 Å². The van der Waals surface area contributed by atoms with Crippen molar-refractivity contribution in [3.05, 3.63) is 0 Å². The molecule has 1 saturated heterocycles. The molecule has 1 aliphatic rings. The molecule has 0 bridgehead atoms. The molecule has 0 saturated carbocycles. The molecule has 8 heteroatoms. The second-order valence-electron chi connectivity index (χ2n) is 8.21. The minimum atomic E-state index is -0.382. The molecule has 1 rings (SSSR count). The number of piperidine rings is 1. The number of amides is 1. The SMILES string of the molecule is CCCCOC[C@H]1N[C@H](COC(C)=O)[C@H](NC(C)=O)[C@@H](OCCCC)[C@@H]1OCCCC. The number of ether oxygens (including phenoxy) is 4. The van der Waals surface area contributed by atoms with Crippen molar-refractivity contribution < 1.29 is 28.5 Å². The maximum Gasteiger partial charge on any atom is 0.302 e. The van der Waals surface area contributed by atoms with Crippen molar-refractivity contribution in [2.24, 2.45) is 0 Å². The van der Waals surface area contributed by atoms with Gasteiger partial charge in [0, 0.05) is 33.7 Å². The number of hydrogen-bond acceptors (Lipinski definition) is 7. The second-order valence-corrected chi connectivity index (χ2v) is 8.21. The summed E-state index contributed by atoms with van der Waals surface area (Å²) in [6.07, 6.45) is 5.33. The lowest BCUT2D eigenvalue weighted by atomic mass is 9.88. The van der Waals surface area contributed by atoms with E-state index in [1.54, 1.807) is 0 Å². The van der Waals surface area contributed by atoms with Gasteiger partial charge in [-0.25, -0.2) is 0 Å². The zero-order valence-electron chi connectivity index (χ0n) is 20.1. The zero-order valence-corrected chi connectivity index (χ0v) is 20.1. The van der Waals surface area contributed by atoms with E-state index in [9.17, 15) is 9.59 Å². The van der Waals surface area contributed by atoms with Crippen LogP contribution in [0, 0.1) is 0 Å². The Morgan fingerprint density at radius 2 is 1.39 bits per heavy atom. The fourth-order valence-electron chi connectivity index (χ4n) is 3.65. The number of carbonyl (C=O) groups excluding carboxylic acids is 2. The quantitative estimate of drug-likeness (QED) is 0.279. The highest BCUT2D eigenvalue weighted by Crippen LogP contribution is 2.24. The van der Waals surface area contributed by atoms with Gasteiger partial charge in [-0.1, -0.05) is 40.0 Å². The van der Waals surface area contributed by atoms with Gasteiger partial charge in [-0.05, 0) is 19.3 Å². The summed E-state index contributed by atoms with van der Waals surface area (Å²) in [6, 6.07) is -0.816. The Balaban J connectivity index is 3.09. The van der Waals surface area contributed by atoms with Crippen molar-refractivity contribution in [2.75, 3.05) is 33.0 Å². The lowest BCUT2D eigenvalue weighted by Gasteiger charge is -2.47. The van der Waals surface area contributed by atoms with E-state index in [-0.39, 0.29) is 48.8 Å². The molecular weight excluding hydrogens is 400 g/mol. The maximum absolute atomic E-state index is 12.0.